The van der Waals surface area contributed by atoms with Crippen LogP contribution in [0, 0.1) is 0 Å². The van der Waals surface area contributed by atoms with Crippen LogP contribution in [0.3, 0.4) is 0 Å². The van der Waals surface area contributed by atoms with Gasteiger partial charge in [-0.3, -0.25) is 4.99 Å². The van der Waals surface area contributed by atoms with Gasteiger partial charge in [-0.05, 0) is 46.0 Å². The lowest BCUT2D eigenvalue weighted by Gasteiger charge is -2.38. The summed E-state index contributed by atoms with van der Waals surface area (Å²) < 4.78 is 12.0. The third kappa shape index (κ3) is 10.2. The third-order valence-electron chi connectivity index (χ3n) is 5.97. The molecular weight excluding hydrogens is 479 g/mol. The van der Waals surface area contributed by atoms with Gasteiger partial charge in [-0.25, -0.2) is 0 Å². The zero-order valence-corrected chi connectivity index (χ0v) is 21.5. The zero-order chi connectivity index (χ0) is 20.2. The Balaban J connectivity index is 0.00000420. The number of piperidine rings is 1. The molecule has 0 amide bonds. The lowest BCUT2D eigenvalue weighted by molar-refractivity contribution is -0.0657. The number of rotatable bonds is 10. The highest BCUT2D eigenvalue weighted by Crippen LogP contribution is 2.31. The minimum atomic E-state index is -0.00828. The van der Waals surface area contributed by atoms with Gasteiger partial charge in [0.15, 0.2) is 5.96 Å². The smallest absolute Gasteiger partial charge is 0.191 e. The lowest BCUT2D eigenvalue weighted by atomic mass is 9.84. The topological polar surface area (TPSA) is 58.1 Å². The number of aliphatic imine (C=N–C) groups is 1. The summed E-state index contributed by atoms with van der Waals surface area (Å²) >= 11 is 0. The number of hydrogen-bond acceptors (Lipinski definition) is 4. The molecule has 0 atom stereocenters. The maximum atomic E-state index is 6.31. The molecule has 29 heavy (non-hydrogen) atoms. The van der Waals surface area contributed by atoms with Gasteiger partial charge in [0, 0.05) is 45.9 Å². The summed E-state index contributed by atoms with van der Waals surface area (Å²) in [5.74, 6) is 0.923. The average Bonchev–Trinajstić information content (AvgIpc) is 2.71. The predicted molar refractivity (Wildman–Crippen MR) is 133 cm³/mol. The van der Waals surface area contributed by atoms with Crippen LogP contribution in [0.25, 0.3) is 0 Å². The molecule has 7 heteroatoms. The number of guanidine groups is 1. The molecule has 0 aromatic carbocycles. The molecule has 2 fully saturated rings. The number of likely N-dealkylation sites (tertiary alicyclic amines) is 1. The van der Waals surface area contributed by atoms with E-state index in [-0.39, 0.29) is 29.6 Å². The van der Waals surface area contributed by atoms with E-state index in [1.807, 2.05) is 7.05 Å². The lowest BCUT2D eigenvalue weighted by Crippen LogP contribution is -2.53. The van der Waals surface area contributed by atoms with Gasteiger partial charge in [-0.1, -0.05) is 26.2 Å². The van der Waals surface area contributed by atoms with Crippen LogP contribution in [0.5, 0.6) is 0 Å². The van der Waals surface area contributed by atoms with Crippen molar-refractivity contribution in [3.8, 4) is 0 Å². The normalized spacial score (nSPS) is 21.1. The van der Waals surface area contributed by atoms with Crippen LogP contribution < -0.4 is 10.6 Å². The van der Waals surface area contributed by atoms with Crippen LogP contribution in [0.2, 0.25) is 0 Å². The van der Waals surface area contributed by atoms with Gasteiger partial charge < -0.3 is 25.0 Å². The monoisotopic (exact) mass is 524 g/mol. The van der Waals surface area contributed by atoms with E-state index in [0.29, 0.717) is 12.1 Å². The van der Waals surface area contributed by atoms with Crippen LogP contribution in [-0.2, 0) is 9.47 Å². The Labute approximate surface area is 196 Å². The highest BCUT2D eigenvalue weighted by atomic mass is 127. The minimum absolute atomic E-state index is 0. The molecule has 1 saturated carbocycles. The molecule has 1 aliphatic carbocycles. The molecule has 6 nitrogen and oxygen atoms in total. The Morgan fingerprint density at radius 1 is 1.14 bits per heavy atom. The van der Waals surface area contributed by atoms with Crippen molar-refractivity contribution < 1.29 is 9.47 Å². The zero-order valence-electron chi connectivity index (χ0n) is 19.2. The first kappa shape index (κ1) is 26.9. The van der Waals surface area contributed by atoms with E-state index >= 15 is 0 Å². The molecule has 0 unspecified atom stereocenters. The summed E-state index contributed by atoms with van der Waals surface area (Å²) in [6.07, 6.45) is 9.91. The van der Waals surface area contributed by atoms with Crippen LogP contribution in [0.15, 0.2) is 4.99 Å². The molecule has 0 aromatic heterocycles. The molecule has 0 spiro atoms. The van der Waals surface area contributed by atoms with Gasteiger partial charge in [0.2, 0.25) is 0 Å². The highest BCUT2D eigenvalue weighted by molar-refractivity contribution is 14.0. The quantitative estimate of drug-likeness (QED) is 0.259. The first-order valence-corrected chi connectivity index (χ1v) is 11.5. The first-order valence-electron chi connectivity index (χ1n) is 11.5. The third-order valence-corrected chi connectivity index (χ3v) is 5.97. The van der Waals surface area contributed by atoms with Crippen molar-refractivity contribution in [3.63, 3.8) is 0 Å². The van der Waals surface area contributed by atoms with Gasteiger partial charge in [0.05, 0.1) is 18.3 Å². The molecule has 1 aliphatic heterocycles. The Bertz CT molecular complexity index is 448. The second kappa shape index (κ2) is 14.8. The molecule has 1 heterocycles. The minimum Gasteiger partial charge on any atom is -0.377 e. The summed E-state index contributed by atoms with van der Waals surface area (Å²) in [6.45, 7) is 12.2. The van der Waals surface area contributed by atoms with Crippen molar-refractivity contribution in [2.45, 2.75) is 89.9 Å². The largest absolute Gasteiger partial charge is 0.377 e. The predicted octanol–water partition coefficient (Wildman–Crippen LogP) is 3.79. The molecule has 0 radical (unpaired) electrons. The number of ether oxygens (including phenoxy) is 2. The van der Waals surface area contributed by atoms with Crippen molar-refractivity contribution >= 4 is 29.9 Å². The van der Waals surface area contributed by atoms with E-state index in [0.717, 1.165) is 77.5 Å². The second-order valence-corrected chi connectivity index (χ2v) is 8.70. The molecular formula is C22H45IN4O2. The standard InChI is InChI=1S/C22H44N4O2.HI/c1-5-16-28-22(11-7-6-8-12-22)18-24-21(23-4)25-20-9-13-26(14-10-20)15-17-27-19(2)3;/h19-20H,5-18H2,1-4H3,(H2,23,24,25);1H. The van der Waals surface area contributed by atoms with E-state index in [9.17, 15) is 0 Å². The SMILES string of the molecule is CCCOC1(CNC(=NC)NC2CCN(CCOC(C)C)CC2)CCCCC1.I. The van der Waals surface area contributed by atoms with Gasteiger partial charge >= 0.3 is 0 Å². The van der Waals surface area contributed by atoms with Crippen molar-refractivity contribution in [1.29, 1.82) is 0 Å². The molecule has 2 aliphatic rings. The van der Waals surface area contributed by atoms with E-state index in [4.69, 9.17) is 9.47 Å². The fraction of sp³-hybridized carbons (Fsp3) is 0.955. The van der Waals surface area contributed by atoms with Crippen LogP contribution in [0.1, 0.15) is 72.1 Å². The average molecular weight is 525 g/mol. The molecule has 0 bridgehead atoms. The molecule has 0 aromatic rings. The van der Waals surface area contributed by atoms with Gasteiger partial charge in [-0.15, -0.1) is 24.0 Å². The number of nitrogens with one attached hydrogen (secondary N) is 2. The number of nitrogens with zero attached hydrogens (tertiary/aromatic N) is 2. The van der Waals surface area contributed by atoms with Crippen molar-refractivity contribution in [3.05, 3.63) is 0 Å². The molecule has 1 saturated heterocycles. The summed E-state index contributed by atoms with van der Waals surface area (Å²) in [6, 6.07) is 0.493. The Kier molecular flexibility index (Phi) is 13.7. The van der Waals surface area contributed by atoms with E-state index in [2.05, 4.69) is 41.3 Å². The fourth-order valence-electron chi connectivity index (χ4n) is 4.24. The van der Waals surface area contributed by atoms with Crippen LogP contribution >= 0.6 is 24.0 Å². The van der Waals surface area contributed by atoms with E-state index < -0.39 is 0 Å². The number of halogens is 1. The fourth-order valence-corrected chi connectivity index (χ4v) is 4.24. The van der Waals surface area contributed by atoms with Gasteiger partial charge in [0.1, 0.15) is 0 Å². The Hall–Kier alpha value is -0.120. The van der Waals surface area contributed by atoms with Crippen molar-refractivity contribution in [2.75, 3.05) is 46.4 Å². The van der Waals surface area contributed by atoms with Crippen LogP contribution in [0.4, 0.5) is 0 Å². The summed E-state index contributed by atoms with van der Waals surface area (Å²) in [7, 11) is 1.87. The summed E-state index contributed by atoms with van der Waals surface area (Å²) in [4.78, 5) is 6.98. The Morgan fingerprint density at radius 2 is 1.83 bits per heavy atom. The number of hydrogen-bond donors (Lipinski definition) is 2. The molecule has 2 rings (SSSR count). The Morgan fingerprint density at radius 3 is 2.41 bits per heavy atom. The molecule has 2 N–H and O–H groups in total. The van der Waals surface area contributed by atoms with E-state index in [1.165, 1.54) is 19.3 Å². The maximum absolute atomic E-state index is 6.31. The molecule has 172 valence electrons. The summed E-state index contributed by atoms with van der Waals surface area (Å²) in [5.41, 5.74) is -0.00828. The first-order chi connectivity index (χ1) is 13.6. The van der Waals surface area contributed by atoms with Crippen molar-refractivity contribution in [1.82, 2.24) is 15.5 Å². The van der Waals surface area contributed by atoms with Crippen LogP contribution in [-0.4, -0.2) is 75.0 Å². The summed E-state index contributed by atoms with van der Waals surface area (Å²) in [5, 5.41) is 7.21. The van der Waals surface area contributed by atoms with Crippen molar-refractivity contribution in [2.24, 2.45) is 4.99 Å². The van der Waals surface area contributed by atoms with E-state index in [1.54, 1.807) is 0 Å². The maximum Gasteiger partial charge on any atom is 0.191 e. The second-order valence-electron chi connectivity index (χ2n) is 8.70. The van der Waals surface area contributed by atoms with Gasteiger partial charge in [-0.2, -0.15) is 0 Å². The van der Waals surface area contributed by atoms with Gasteiger partial charge in [0.25, 0.3) is 0 Å². The highest BCUT2D eigenvalue weighted by Gasteiger charge is 2.33.